The zero-order valence-corrected chi connectivity index (χ0v) is 17.0. The van der Waals surface area contributed by atoms with Gasteiger partial charge in [-0.15, -0.1) is 0 Å². The van der Waals surface area contributed by atoms with Crippen LogP contribution < -0.4 is 10.6 Å². The normalized spacial score (nSPS) is 14.0. The minimum atomic E-state index is -3.46. The molecule has 0 aliphatic carbocycles. The summed E-state index contributed by atoms with van der Waals surface area (Å²) < 4.78 is 33.1. The van der Waals surface area contributed by atoms with E-state index in [2.05, 4.69) is 5.32 Å². The molecule has 3 rings (SSSR count). The van der Waals surface area contributed by atoms with Gasteiger partial charge in [-0.05, 0) is 48.9 Å². The molecule has 3 aromatic carbocycles. The lowest BCUT2D eigenvalue weighted by molar-refractivity contribution is 0.0945. The van der Waals surface area contributed by atoms with Gasteiger partial charge >= 0.3 is 0 Å². The SMILES string of the molecule is CCOP(=O)(c1ccccc1)[C@@H](Cc1ccc(F)cc1)NC(=O)c1ccccc1. The van der Waals surface area contributed by atoms with Crippen molar-refractivity contribution in [3.8, 4) is 0 Å². The molecular weight excluding hydrogens is 388 g/mol. The first-order chi connectivity index (χ1) is 14.0. The van der Waals surface area contributed by atoms with Gasteiger partial charge in [0.15, 0.2) is 0 Å². The minimum absolute atomic E-state index is 0.229. The van der Waals surface area contributed by atoms with Crippen LogP contribution in [-0.4, -0.2) is 18.3 Å². The third kappa shape index (κ3) is 5.20. The number of carbonyl (C=O) groups excluding carboxylic acids is 1. The van der Waals surface area contributed by atoms with E-state index in [-0.39, 0.29) is 24.8 Å². The van der Waals surface area contributed by atoms with E-state index in [0.29, 0.717) is 10.9 Å². The predicted octanol–water partition coefficient (Wildman–Crippen LogP) is 4.76. The van der Waals surface area contributed by atoms with Gasteiger partial charge < -0.3 is 9.84 Å². The highest BCUT2D eigenvalue weighted by Gasteiger charge is 2.37. The molecule has 0 aliphatic rings. The van der Waals surface area contributed by atoms with Gasteiger partial charge in [-0.2, -0.15) is 0 Å². The first kappa shape index (κ1) is 21.0. The number of benzene rings is 3. The Hall–Kier alpha value is -2.75. The molecule has 0 aliphatic heterocycles. The van der Waals surface area contributed by atoms with Crippen LogP contribution in [0.15, 0.2) is 84.9 Å². The number of rotatable bonds is 8. The quantitative estimate of drug-likeness (QED) is 0.544. The van der Waals surface area contributed by atoms with Crippen molar-refractivity contribution in [2.75, 3.05) is 6.61 Å². The summed E-state index contributed by atoms with van der Waals surface area (Å²) in [6.45, 7) is 2.00. The van der Waals surface area contributed by atoms with Gasteiger partial charge in [-0.1, -0.05) is 48.5 Å². The third-order valence-corrected chi connectivity index (χ3v) is 7.32. The Balaban J connectivity index is 1.98. The van der Waals surface area contributed by atoms with Gasteiger partial charge in [0.25, 0.3) is 13.3 Å². The van der Waals surface area contributed by atoms with Crippen molar-refractivity contribution in [1.29, 1.82) is 0 Å². The zero-order chi connectivity index (χ0) is 20.7. The van der Waals surface area contributed by atoms with E-state index in [9.17, 15) is 13.8 Å². The number of amides is 1. The van der Waals surface area contributed by atoms with Crippen LogP contribution in [0.25, 0.3) is 0 Å². The summed E-state index contributed by atoms with van der Waals surface area (Å²) in [5.41, 5.74) is 1.22. The maximum Gasteiger partial charge on any atom is 0.254 e. The molecule has 150 valence electrons. The van der Waals surface area contributed by atoms with E-state index in [0.717, 1.165) is 5.56 Å². The number of halogens is 1. The van der Waals surface area contributed by atoms with Crippen LogP contribution in [0.4, 0.5) is 4.39 Å². The van der Waals surface area contributed by atoms with Crippen LogP contribution in [-0.2, 0) is 15.5 Å². The van der Waals surface area contributed by atoms with Crippen molar-refractivity contribution in [3.63, 3.8) is 0 Å². The molecule has 1 N–H and O–H groups in total. The fraction of sp³-hybridized carbons (Fsp3) is 0.174. The summed E-state index contributed by atoms with van der Waals surface area (Å²) in [5.74, 6) is -1.49. The second-order valence-electron chi connectivity index (χ2n) is 6.54. The molecule has 0 saturated heterocycles. The van der Waals surface area contributed by atoms with Crippen molar-refractivity contribution in [2.45, 2.75) is 19.1 Å². The lowest BCUT2D eigenvalue weighted by atomic mass is 10.1. The maximum absolute atomic E-state index is 14.0. The average Bonchev–Trinajstić information content (AvgIpc) is 2.76. The van der Waals surface area contributed by atoms with Crippen molar-refractivity contribution in [1.82, 2.24) is 5.32 Å². The first-order valence-electron chi connectivity index (χ1n) is 9.43. The molecule has 0 aromatic heterocycles. The Morgan fingerprint density at radius 2 is 1.55 bits per heavy atom. The Labute approximate surface area is 170 Å². The van der Waals surface area contributed by atoms with Crippen molar-refractivity contribution >= 4 is 18.6 Å². The van der Waals surface area contributed by atoms with Crippen LogP contribution in [0.1, 0.15) is 22.8 Å². The standard InChI is InChI=1S/C23H23FNO3P/c1-2-28-29(27,21-11-7-4-8-12-21)22(17-18-13-15-20(24)16-14-18)25-23(26)19-9-5-3-6-10-19/h3-16,22H,2,17H2,1H3,(H,25,26)/t22-,29?/m0/s1. The molecule has 1 unspecified atom stereocenters. The summed E-state index contributed by atoms with van der Waals surface area (Å²) in [4.78, 5) is 12.8. The molecule has 3 aromatic rings. The van der Waals surface area contributed by atoms with E-state index < -0.39 is 13.2 Å². The Bertz CT molecular complexity index is 978. The molecule has 1 amide bonds. The van der Waals surface area contributed by atoms with Crippen LogP contribution in [0.5, 0.6) is 0 Å². The number of hydrogen-bond donors (Lipinski definition) is 1. The van der Waals surface area contributed by atoms with Crippen LogP contribution in [0, 0.1) is 5.82 Å². The molecule has 4 nitrogen and oxygen atoms in total. The number of carbonyl (C=O) groups is 1. The molecule has 0 fully saturated rings. The zero-order valence-electron chi connectivity index (χ0n) is 16.1. The topological polar surface area (TPSA) is 55.4 Å². The molecule has 0 heterocycles. The third-order valence-electron chi connectivity index (χ3n) is 4.52. The van der Waals surface area contributed by atoms with Gasteiger partial charge in [0.05, 0.1) is 6.61 Å². The highest BCUT2D eigenvalue weighted by molar-refractivity contribution is 7.67. The van der Waals surface area contributed by atoms with E-state index in [1.54, 1.807) is 67.6 Å². The predicted molar refractivity (Wildman–Crippen MR) is 113 cm³/mol. The molecule has 6 heteroatoms. The molecule has 2 atom stereocenters. The maximum atomic E-state index is 14.0. The number of nitrogens with one attached hydrogen (secondary N) is 1. The van der Waals surface area contributed by atoms with E-state index in [1.807, 2.05) is 12.1 Å². The van der Waals surface area contributed by atoms with Crippen LogP contribution >= 0.6 is 7.37 Å². The lowest BCUT2D eigenvalue weighted by Gasteiger charge is -2.28. The van der Waals surface area contributed by atoms with Gasteiger partial charge in [0.1, 0.15) is 11.6 Å². The lowest BCUT2D eigenvalue weighted by Crippen LogP contribution is -2.39. The summed E-state index contributed by atoms with van der Waals surface area (Å²) in [6.07, 6.45) is 0.241. The highest BCUT2D eigenvalue weighted by atomic mass is 31.2. The second-order valence-corrected chi connectivity index (χ2v) is 9.13. The van der Waals surface area contributed by atoms with Crippen molar-refractivity contribution < 1.29 is 18.3 Å². The number of hydrogen-bond acceptors (Lipinski definition) is 3. The van der Waals surface area contributed by atoms with Crippen molar-refractivity contribution in [2.24, 2.45) is 0 Å². The van der Waals surface area contributed by atoms with Crippen LogP contribution in [0.3, 0.4) is 0 Å². The van der Waals surface area contributed by atoms with Crippen molar-refractivity contribution in [3.05, 3.63) is 102 Å². The molecule has 0 spiro atoms. The van der Waals surface area contributed by atoms with Gasteiger partial charge in [0.2, 0.25) is 0 Å². The summed E-state index contributed by atoms with van der Waals surface area (Å²) in [5, 5.41) is 3.43. The molecule has 29 heavy (non-hydrogen) atoms. The highest BCUT2D eigenvalue weighted by Crippen LogP contribution is 2.50. The molecule has 0 bridgehead atoms. The molecule has 0 radical (unpaired) electrons. The van der Waals surface area contributed by atoms with Gasteiger partial charge in [-0.25, -0.2) is 4.39 Å². The summed E-state index contributed by atoms with van der Waals surface area (Å²) in [6, 6.07) is 23.6. The van der Waals surface area contributed by atoms with Gasteiger partial charge in [-0.3, -0.25) is 9.36 Å². The van der Waals surface area contributed by atoms with E-state index in [4.69, 9.17) is 4.52 Å². The summed E-state index contributed by atoms with van der Waals surface area (Å²) >= 11 is 0. The van der Waals surface area contributed by atoms with Gasteiger partial charge in [0, 0.05) is 17.3 Å². The Morgan fingerprint density at radius 3 is 2.14 bits per heavy atom. The van der Waals surface area contributed by atoms with E-state index >= 15 is 0 Å². The first-order valence-corrected chi connectivity index (χ1v) is 11.1. The fourth-order valence-corrected chi connectivity index (χ4v) is 5.49. The Kier molecular flexibility index (Phi) is 6.97. The molecule has 0 saturated carbocycles. The van der Waals surface area contributed by atoms with Crippen LogP contribution in [0.2, 0.25) is 0 Å². The van der Waals surface area contributed by atoms with E-state index in [1.165, 1.54) is 12.1 Å². The summed E-state index contributed by atoms with van der Waals surface area (Å²) in [7, 11) is -3.46. The monoisotopic (exact) mass is 411 g/mol. The average molecular weight is 411 g/mol. The fourth-order valence-electron chi connectivity index (χ4n) is 3.10. The minimum Gasteiger partial charge on any atom is -0.339 e. The molecular formula is C23H23FNO3P. The second kappa shape index (κ2) is 9.64. The largest absolute Gasteiger partial charge is 0.339 e. The Morgan fingerprint density at radius 1 is 0.966 bits per heavy atom. The smallest absolute Gasteiger partial charge is 0.254 e.